The van der Waals surface area contributed by atoms with Gasteiger partial charge in [-0.15, -0.1) is 0 Å². The van der Waals surface area contributed by atoms with E-state index in [4.69, 9.17) is 5.73 Å². The number of hydrogen-bond acceptors (Lipinski definition) is 3. The van der Waals surface area contributed by atoms with Gasteiger partial charge in [0.05, 0.1) is 12.1 Å². The summed E-state index contributed by atoms with van der Waals surface area (Å²) in [5.74, 6) is -0.482. The highest BCUT2D eigenvalue weighted by Gasteiger charge is 2.25. The molecule has 88 valence electrons. The first-order valence-corrected chi connectivity index (χ1v) is 5.17. The molecule has 2 amide bonds. The molecule has 0 aromatic heterocycles. The van der Waals surface area contributed by atoms with Crippen LogP contribution in [0.15, 0.2) is 0 Å². The molecule has 15 heavy (non-hydrogen) atoms. The Kier molecular flexibility index (Phi) is 5.28. The van der Waals surface area contributed by atoms with Crippen molar-refractivity contribution >= 4 is 11.8 Å². The first kappa shape index (κ1) is 13.9. The predicted molar refractivity (Wildman–Crippen MR) is 59.2 cm³/mol. The largest absolute Gasteiger partial charge is 0.368 e. The average molecular weight is 215 g/mol. The number of carbonyl (C=O) groups excluding carboxylic acids is 2. The van der Waals surface area contributed by atoms with Gasteiger partial charge in [-0.3, -0.25) is 14.9 Å². The summed E-state index contributed by atoms with van der Waals surface area (Å²) >= 11 is 0. The van der Waals surface area contributed by atoms with Crippen LogP contribution in [-0.4, -0.2) is 41.9 Å². The third kappa shape index (κ3) is 4.29. The van der Waals surface area contributed by atoms with Crippen LogP contribution in [0.25, 0.3) is 0 Å². The number of primary amides is 1. The normalized spacial score (nSPS) is 11.2. The lowest BCUT2D eigenvalue weighted by Crippen LogP contribution is -2.53. The molecule has 0 radical (unpaired) electrons. The van der Waals surface area contributed by atoms with Crippen molar-refractivity contribution in [3.63, 3.8) is 0 Å². The van der Waals surface area contributed by atoms with Gasteiger partial charge < -0.3 is 10.6 Å². The van der Waals surface area contributed by atoms with Gasteiger partial charge in [0, 0.05) is 13.1 Å². The number of carbonyl (C=O) groups is 2. The molecule has 0 spiro atoms. The smallest absolute Gasteiger partial charge is 0.237 e. The quantitative estimate of drug-likeness (QED) is 0.639. The van der Waals surface area contributed by atoms with Gasteiger partial charge in [0.1, 0.15) is 0 Å². The van der Waals surface area contributed by atoms with Crippen molar-refractivity contribution in [2.75, 3.05) is 19.6 Å². The van der Waals surface area contributed by atoms with Crippen LogP contribution in [-0.2, 0) is 9.59 Å². The van der Waals surface area contributed by atoms with Gasteiger partial charge >= 0.3 is 0 Å². The van der Waals surface area contributed by atoms with Gasteiger partial charge in [-0.05, 0) is 27.7 Å². The van der Waals surface area contributed by atoms with Crippen molar-refractivity contribution < 1.29 is 9.59 Å². The lowest BCUT2D eigenvalue weighted by Gasteiger charge is -2.25. The standard InChI is InChI=1S/C10H21N3O2/c1-5-13(6-2)8(14)7-12-10(3,4)9(11)15/h12H,5-7H2,1-4H3,(H2,11,15). The van der Waals surface area contributed by atoms with Crippen LogP contribution in [0.4, 0.5) is 0 Å². The summed E-state index contributed by atoms with van der Waals surface area (Å²) in [5.41, 5.74) is 4.33. The number of hydrogen-bond donors (Lipinski definition) is 2. The molecule has 0 unspecified atom stereocenters. The molecule has 0 bridgehead atoms. The zero-order valence-electron chi connectivity index (χ0n) is 9.96. The van der Waals surface area contributed by atoms with Gasteiger partial charge in [-0.2, -0.15) is 0 Å². The lowest BCUT2D eigenvalue weighted by molar-refractivity contribution is -0.130. The maximum atomic E-state index is 11.6. The molecule has 5 nitrogen and oxygen atoms in total. The fourth-order valence-corrected chi connectivity index (χ4v) is 1.07. The van der Waals surface area contributed by atoms with Crippen LogP contribution >= 0.6 is 0 Å². The topological polar surface area (TPSA) is 75.4 Å². The Bertz CT molecular complexity index is 235. The lowest BCUT2D eigenvalue weighted by atomic mass is 10.1. The zero-order valence-corrected chi connectivity index (χ0v) is 9.96. The summed E-state index contributed by atoms with van der Waals surface area (Å²) in [5, 5.41) is 2.84. The fourth-order valence-electron chi connectivity index (χ4n) is 1.07. The van der Waals surface area contributed by atoms with E-state index in [1.54, 1.807) is 18.7 Å². The Morgan fingerprint density at radius 1 is 1.27 bits per heavy atom. The van der Waals surface area contributed by atoms with Crippen LogP contribution in [0, 0.1) is 0 Å². The molecule has 3 N–H and O–H groups in total. The Balaban J connectivity index is 4.16. The first-order valence-electron chi connectivity index (χ1n) is 5.17. The fraction of sp³-hybridized carbons (Fsp3) is 0.800. The molecule has 0 saturated carbocycles. The molecule has 5 heteroatoms. The highest BCUT2D eigenvalue weighted by molar-refractivity contribution is 5.85. The van der Waals surface area contributed by atoms with E-state index in [9.17, 15) is 9.59 Å². The third-order valence-electron chi connectivity index (χ3n) is 2.41. The molecule has 0 rings (SSSR count). The minimum absolute atomic E-state index is 0.0191. The molecule has 0 aromatic rings. The highest BCUT2D eigenvalue weighted by atomic mass is 16.2. The Morgan fingerprint density at radius 3 is 2.07 bits per heavy atom. The summed E-state index contributed by atoms with van der Waals surface area (Å²) in [6, 6.07) is 0. The van der Waals surface area contributed by atoms with Gasteiger partial charge in [0.25, 0.3) is 0 Å². The molecule has 0 aliphatic heterocycles. The molecule has 0 aliphatic rings. The second-order valence-electron chi connectivity index (χ2n) is 3.91. The zero-order chi connectivity index (χ0) is 12.1. The second kappa shape index (κ2) is 5.70. The van der Waals surface area contributed by atoms with Crippen molar-refractivity contribution in [2.24, 2.45) is 5.73 Å². The van der Waals surface area contributed by atoms with Crippen molar-refractivity contribution in [3.05, 3.63) is 0 Å². The van der Waals surface area contributed by atoms with Gasteiger partial charge in [0.15, 0.2) is 0 Å². The Morgan fingerprint density at radius 2 is 1.73 bits per heavy atom. The van der Waals surface area contributed by atoms with Crippen LogP contribution < -0.4 is 11.1 Å². The van der Waals surface area contributed by atoms with Crippen molar-refractivity contribution in [1.29, 1.82) is 0 Å². The second-order valence-corrected chi connectivity index (χ2v) is 3.91. The van der Waals surface area contributed by atoms with Gasteiger partial charge in [-0.25, -0.2) is 0 Å². The molecule has 0 fully saturated rings. The number of likely N-dealkylation sites (N-methyl/N-ethyl adjacent to an activating group) is 1. The van der Waals surface area contributed by atoms with E-state index in [0.717, 1.165) is 0 Å². The molecular formula is C10H21N3O2. The van der Waals surface area contributed by atoms with E-state index in [2.05, 4.69) is 5.32 Å². The highest BCUT2D eigenvalue weighted by Crippen LogP contribution is 1.99. The monoisotopic (exact) mass is 215 g/mol. The predicted octanol–water partition coefficient (Wildman–Crippen LogP) is -0.292. The minimum atomic E-state index is -0.844. The van der Waals surface area contributed by atoms with Crippen LogP contribution in [0.2, 0.25) is 0 Å². The summed E-state index contributed by atoms with van der Waals surface area (Å²) in [4.78, 5) is 24.3. The Hall–Kier alpha value is -1.10. The van der Waals surface area contributed by atoms with E-state index >= 15 is 0 Å². The minimum Gasteiger partial charge on any atom is -0.368 e. The third-order valence-corrected chi connectivity index (χ3v) is 2.41. The average Bonchev–Trinajstić information content (AvgIpc) is 2.16. The van der Waals surface area contributed by atoms with Crippen LogP contribution in [0.3, 0.4) is 0 Å². The van der Waals surface area contributed by atoms with Crippen molar-refractivity contribution in [2.45, 2.75) is 33.2 Å². The first-order chi connectivity index (χ1) is 6.85. The summed E-state index contributed by atoms with van der Waals surface area (Å²) < 4.78 is 0. The number of amides is 2. The Labute approximate surface area is 91.0 Å². The van der Waals surface area contributed by atoms with E-state index in [0.29, 0.717) is 13.1 Å². The maximum absolute atomic E-state index is 11.6. The number of nitrogens with one attached hydrogen (secondary N) is 1. The summed E-state index contributed by atoms with van der Waals surface area (Å²) in [7, 11) is 0. The summed E-state index contributed by atoms with van der Waals surface area (Å²) in [6.45, 7) is 8.64. The van der Waals surface area contributed by atoms with Crippen molar-refractivity contribution in [3.8, 4) is 0 Å². The summed E-state index contributed by atoms with van der Waals surface area (Å²) in [6.07, 6.45) is 0. The SMILES string of the molecule is CCN(CC)C(=O)CNC(C)(C)C(N)=O. The van der Waals surface area contributed by atoms with Gasteiger partial charge in [-0.1, -0.05) is 0 Å². The molecule has 0 heterocycles. The maximum Gasteiger partial charge on any atom is 0.237 e. The van der Waals surface area contributed by atoms with Crippen LogP contribution in [0.5, 0.6) is 0 Å². The van der Waals surface area contributed by atoms with E-state index in [-0.39, 0.29) is 12.5 Å². The molecule has 0 aliphatic carbocycles. The molecule has 0 atom stereocenters. The molecule has 0 aromatic carbocycles. The number of nitrogens with two attached hydrogens (primary N) is 1. The number of nitrogens with zero attached hydrogens (tertiary/aromatic N) is 1. The van der Waals surface area contributed by atoms with E-state index in [1.165, 1.54) is 0 Å². The van der Waals surface area contributed by atoms with Crippen LogP contribution in [0.1, 0.15) is 27.7 Å². The van der Waals surface area contributed by atoms with Crippen molar-refractivity contribution in [1.82, 2.24) is 10.2 Å². The van der Waals surface area contributed by atoms with E-state index in [1.807, 2.05) is 13.8 Å². The van der Waals surface area contributed by atoms with E-state index < -0.39 is 11.4 Å². The number of rotatable bonds is 6. The van der Waals surface area contributed by atoms with Gasteiger partial charge in [0.2, 0.25) is 11.8 Å². The molecule has 0 saturated heterocycles. The molecular weight excluding hydrogens is 194 g/mol.